The van der Waals surface area contributed by atoms with Crippen molar-refractivity contribution in [2.75, 3.05) is 6.54 Å². The number of carbonyl (C=O) groups excluding carboxylic acids is 2. The van der Waals surface area contributed by atoms with Gasteiger partial charge in [-0.2, -0.15) is 5.10 Å². The second-order valence-electron chi connectivity index (χ2n) is 8.14. The summed E-state index contributed by atoms with van der Waals surface area (Å²) in [4.78, 5) is 29.6. The van der Waals surface area contributed by atoms with E-state index in [-0.39, 0.29) is 12.5 Å². The molecule has 0 saturated carbocycles. The van der Waals surface area contributed by atoms with E-state index in [0.717, 1.165) is 16.5 Å². The number of H-pyrrole nitrogens is 1. The molecule has 0 fully saturated rings. The van der Waals surface area contributed by atoms with Gasteiger partial charge in [-0.05, 0) is 38.3 Å². The van der Waals surface area contributed by atoms with Crippen LogP contribution in [0.25, 0.3) is 22.2 Å². The first-order chi connectivity index (χ1) is 13.2. The second kappa shape index (κ2) is 6.40. The minimum Gasteiger partial charge on any atom is -0.361 e. The van der Waals surface area contributed by atoms with Crippen LogP contribution in [0.15, 0.2) is 30.5 Å². The van der Waals surface area contributed by atoms with Crippen LogP contribution in [-0.4, -0.2) is 43.7 Å². The number of aromatic amines is 1. The third-order valence-corrected chi connectivity index (χ3v) is 4.84. The Labute approximate surface area is 162 Å². The summed E-state index contributed by atoms with van der Waals surface area (Å²) in [6.45, 7) is 7.03. The Bertz CT molecular complexity index is 1070. The van der Waals surface area contributed by atoms with Crippen molar-refractivity contribution in [2.45, 2.75) is 39.4 Å². The maximum Gasteiger partial charge on any atom is 0.315 e. The molecule has 4 rings (SSSR count). The summed E-state index contributed by atoms with van der Waals surface area (Å²) in [5, 5.41) is 8.83. The number of hydrogen-bond acceptors (Lipinski definition) is 3. The van der Waals surface area contributed by atoms with E-state index in [0.29, 0.717) is 30.0 Å². The first-order valence-corrected chi connectivity index (χ1v) is 9.27. The van der Waals surface area contributed by atoms with E-state index in [1.165, 1.54) is 4.90 Å². The van der Waals surface area contributed by atoms with Crippen LogP contribution in [0, 0.1) is 0 Å². The minimum atomic E-state index is -0.496. The number of hydrogen-bond donors (Lipinski definition) is 3. The highest BCUT2D eigenvalue weighted by molar-refractivity contribution is 6.02. The molecule has 0 radical (unpaired) electrons. The molecule has 0 aliphatic carbocycles. The average molecular weight is 380 g/mol. The molecule has 3 aromatic rings. The van der Waals surface area contributed by atoms with Crippen molar-refractivity contribution in [3.05, 3.63) is 41.7 Å². The Morgan fingerprint density at radius 3 is 2.71 bits per heavy atom. The van der Waals surface area contributed by atoms with Crippen LogP contribution in [0.2, 0.25) is 0 Å². The number of carbonyl (C=O) groups is 2. The van der Waals surface area contributed by atoms with Gasteiger partial charge in [0.1, 0.15) is 5.69 Å². The van der Waals surface area contributed by atoms with Crippen molar-refractivity contribution >= 4 is 22.8 Å². The van der Waals surface area contributed by atoms with Gasteiger partial charge >= 0.3 is 6.03 Å². The highest BCUT2D eigenvalue weighted by atomic mass is 16.2. The predicted octanol–water partition coefficient (Wildman–Crippen LogP) is 2.45. The topological polar surface area (TPSA) is 109 Å². The first-order valence-electron chi connectivity index (χ1n) is 9.27. The lowest BCUT2D eigenvalue weighted by Gasteiger charge is -2.27. The van der Waals surface area contributed by atoms with Gasteiger partial charge < -0.3 is 20.9 Å². The zero-order chi connectivity index (χ0) is 20.1. The number of benzene rings is 1. The number of urea groups is 1. The summed E-state index contributed by atoms with van der Waals surface area (Å²) < 4.78 is 1.81. The van der Waals surface area contributed by atoms with E-state index in [1.807, 2.05) is 55.9 Å². The van der Waals surface area contributed by atoms with Gasteiger partial charge in [0.2, 0.25) is 0 Å². The van der Waals surface area contributed by atoms with Crippen LogP contribution in [0.5, 0.6) is 0 Å². The molecule has 1 aliphatic heterocycles. The van der Waals surface area contributed by atoms with E-state index >= 15 is 0 Å². The SMILES string of the molecule is CC(C)(C)NC(=O)c1c(-c2ccc3cc[nH]c3c2)nn2c1CN(C(N)=O)CC2. The molecule has 1 aromatic carbocycles. The van der Waals surface area contributed by atoms with Gasteiger partial charge in [-0.1, -0.05) is 12.1 Å². The molecule has 1 aliphatic rings. The van der Waals surface area contributed by atoms with Gasteiger partial charge in [-0.3, -0.25) is 9.48 Å². The van der Waals surface area contributed by atoms with Crippen molar-refractivity contribution in [2.24, 2.45) is 5.73 Å². The summed E-state index contributed by atoms with van der Waals surface area (Å²) in [5.74, 6) is -0.207. The van der Waals surface area contributed by atoms with Crippen molar-refractivity contribution in [3.8, 4) is 11.3 Å². The molecule has 8 nitrogen and oxygen atoms in total. The molecule has 2 aromatic heterocycles. The Hall–Kier alpha value is -3.29. The molecule has 3 heterocycles. The van der Waals surface area contributed by atoms with Crippen molar-refractivity contribution in [1.82, 2.24) is 25.0 Å². The second-order valence-corrected chi connectivity index (χ2v) is 8.14. The minimum absolute atomic E-state index is 0.207. The fourth-order valence-corrected chi connectivity index (χ4v) is 3.54. The van der Waals surface area contributed by atoms with Crippen LogP contribution in [-0.2, 0) is 13.1 Å². The zero-order valence-corrected chi connectivity index (χ0v) is 16.2. The lowest BCUT2D eigenvalue weighted by Crippen LogP contribution is -2.44. The molecule has 0 atom stereocenters. The molecular formula is C20H24N6O2. The van der Waals surface area contributed by atoms with Crippen LogP contribution in [0.1, 0.15) is 36.8 Å². The van der Waals surface area contributed by atoms with E-state index in [9.17, 15) is 9.59 Å². The third kappa shape index (κ3) is 3.21. The van der Waals surface area contributed by atoms with E-state index in [4.69, 9.17) is 10.8 Å². The van der Waals surface area contributed by atoms with E-state index in [1.54, 1.807) is 0 Å². The molecule has 146 valence electrons. The number of fused-ring (bicyclic) bond motifs is 2. The Kier molecular flexibility index (Phi) is 4.14. The number of rotatable bonds is 2. The highest BCUT2D eigenvalue weighted by Gasteiger charge is 2.31. The lowest BCUT2D eigenvalue weighted by atomic mass is 10.0. The Morgan fingerprint density at radius 1 is 1.21 bits per heavy atom. The maximum absolute atomic E-state index is 13.2. The molecule has 0 spiro atoms. The Morgan fingerprint density at radius 2 is 2.00 bits per heavy atom. The smallest absolute Gasteiger partial charge is 0.315 e. The summed E-state index contributed by atoms with van der Waals surface area (Å²) in [5.41, 5.74) is 8.71. The molecule has 3 amide bonds. The maximum atomic E-state index is 13.2. The Balaban J connectivity index is 1.85. The van der Waals surface area contributed by atoms with Gasteiger partial charge in [-0.25, -0.2) is 4.79 Å². The van der Waals surface area contributed by atoms with E-state index < -0.39 is 11.6 Å². The van der Waals surface area contributed by atoms with Gasteiger partial charge in [0, 0.05) is 29.4 Å². The average Bonchev–Trinajstić information content (AvgIpc) is 3.22. The molecule has 0 unspecified atom stereocenters. The molecule has 28 heavy (non-hydrogen) atoms. The van der Waals surface area contributed by atoms with Gasteiger partial charge in [0.15, 0.2) is 0 Å². The first kappa shape index (κ1) is 18.1. The standard InChI is InChI=1S/C20H24N6O2/c1-20(2,3)23-18(27)16-15-11-25(19(21)28)8-9-26(15)24-17(16)13-5-4-12-6-7-22-14(12)10-13/h4-7,10,22H,8-9,11H2,1-3H3,(H2,21,28)(H,23,27). The summed E-state index contributed by atoms with van der Waals surface area (Å²) in [6.07, 6.45) is 1.88. The largest absolute Gasteiger partial charge is 0.361 e. The van der Waals surface area contributed by atoms with Crippen LogP contribution >= 0.6 is 0 Å². The summed E-state index contributed by atoms with van der Waals surface area (Å²) in [7, 11) is 0. The van der Waals surface area contributed by atoms with Gasteiger partial charge in [-0.15, -0.1) is 0 Å². The highest BCUT2D eigenvalue weighted by Crippen LogP contribution is 2.30. The van der Waals surface area contributed by atoms with Gasteiger partial charge in [0.25, 0.3) is 5.91 Å². The number of aromatic nitrogens is 3. The fraction of sp³-hybridized carbons (Fsp3) is 0.350. The molecule has 0 saturated heterocycles. The number of nitrogens with two attached hydrogens (primary N) is 1. The number of amides is 3. The summed E-state index contributed by atoms with van der Waals surface area (Å²) >= 11 is 0. The van der Waals surface area contributed by atoms with E-state index in [2.05, 4.69) is 10.3 Å². The van der Waals surface area contributed by atoms with Crippen molar-refractivity contribution in [1.29, 1.82) is 0 Å². The zero-order valence-electron chi connectivity index (χ0n) is 16.2. The van der Waals surface area contributed by atoms with Crippen molar-refractivity contribution in [3.63, 3.8) is 0 Å². The molecule has 8 heteroatoms. The fourth-order valence-electron chi connectivity index (χ4n) is 3.54. The summed E-state index contributed by atoms with van der Waals surface area (Å²) in [6, 6.07) is 7.45. The third-order valence-electron chi connectivity index (χ3n) is 4.84. The lowest BCUT2D eigenvalue weighted by molar-refractivity contribution is 0.0916. The predicted molar refractivity (Wildman–Crippen MR) is 107 cm³/mol. The molecular weight excluding hydrogens is 356 g/mol. The van der Waals surface area contributed by atoms with Crippen LogP contribution in [0.3, 0.4) is 0 Å². The number of nitrogens with zero attached hydrogens (tertiary/aromatic N) is 3. The number of primary amides is 1. The normalized spacial score (nSPS) is 14.2. The monoisotopic (exact) mass is 380 g/mol. The molecule has 4 N–H and O–H groups in total. The van der Waals surface area contributed by atoms with Crippen LogP contribution < -0.4 is 11.1 Å². The quantitative estimate of drug-likeness (QED) is 0.635. The van der Waals surface area contributed by atoms with Crippen LogP contribution in [0.4, 0.5) is 4.79 Å². The van der Waals surface area contributed by atoms with Gasteiger partial charge in [0.05, 0.1) is 24.3 Å². The van der Waals surface area contributed by atoms with Crippen molar-refractivity contribution < 1.29 is 9.59 Å². The molecule has 0 bridgehead atoms. The number of nitrogens with one attached hydrogen (secondary N) is 2.